The molecule has 11 nitrogen and oxygen atoms in total. The number of rotatable bonds is 5. The van der Waals surface area contributed by atoms with Crippen molar-refractivity contribution in [1.82, 2.24) is 14.9 Å². The maximum Gasteiger partial charge on any atom is 0.435 e. The van der Waals surface area contributed by atoms with Gasteiger partial charge in [0, 0.05) is 30.0 Å². The molecule has 10 rings (SSSR count). The van der Waals surface area contributed by atoms with E-state index < -0.39 is 33.6 Å². The van der Waals surface area contributed by atoms with Gasteiger partial charge in [0.05, 0.1) is 28.2 Å². The van der Waals surface area contributed by atoms with Crippen molar-refractivity contribution in [3.8, 4) is 16.8 Å². The van der Waals surface area contributed by atoms with Crippen LogP contribution in [-0.2, 0) is 29.2 Å². The maximum absolute atomic E-state index is 14.3. The molecule has 3 heterocycles. The zero-order valence-electron chi connectivity index (χ0n) is 31.6. The summed E-state index contributed by atoms with van der Waals surface area (Å²) in [7, 11) is -3.99. The van der Waals surface area contributed by atoms with Crippen LogP contribution in [0.4, 0.5) is 24.7 Å². The molecule has 6 aromatic carbocycles. The lowest BCUT2D eigenvalue weighted by Crippen LogP contribution is -2.21. The second-order valence-corrected chi connectivity index (χ2v) is 16.0. The first-order valence-corrected chi connectivity index (χ1v) is 20.5. The molecule has 0 radical (unpaired) electrons. The lowest BCUT2D eigenvalue weighted by Gasteiger charge is -2.26. The van der Waals surface area contributed by atoms with Crippen molar-refractivity contribution < 1.29 is 30.9 Å². The van der Waals surface area contributed by atoms with Crippen LogP contribution in [0.1, 0.15) is 51.6 Å². The highest BCUT2D eigenvalue weighted by Crippen LogP contribution is 2.43. The number of carbonyl (C=O) groups excluding carboxylic acids is 1. The highest BCUT2D eigenvalue weighted by molar-refractivity contribution is 7.89. The van der Waals surface area contributed by atoms with E-state index >= 15 is 0 Å². The summed E-state index contributed by atoms with van der Waals surface area (Å²) in [6, 6.07) is 33.3. The first-order valence-electron chi connectivity index (χ1n) is 18.9. The van der Waals surface area contributed by atoms with E-state index in [0.29, 0.717) is 41.4 Å². The molecular formula is C45H34F3N7O4S. The minimum Gasteiger partial charge on any atom is -0.380 e. The molecule has 0 saturated heterocycles. The number of nitrogens with zero attached hydrogens (tertiary/aromatic N) is 5. The predicted molar refractivity (Wildman–Crippen MR) is 226 cm³/mol. The Balaban J connectivity index is 0.000000363. The molecule has 0 fully saturated rings. The zero-order chi connectivity index (χ0) is 41.8. The van der Waals surface area contributed by atoms with Crippen molar-refractivity contribution in [1.29, 1.82) is 0 Å². The molecule has 1 aliphatic heterocycles. The fourth-order valence-electron chi connectivity index (χ4n) is 8.17. The van der Waals surface area contributed by atoms with Gasteiger partial charge in [-0.15, -0.1) is 0 Å². The van der Waals surface area contributed by atoms with E-state index in [1.165, 1.54) is 29.8 Å². The summed E-state index contributed by atoms with van der Waals surface area (Å²) in [5.41, 5.74) is 10.2. The number of anilines is 1. The zero-order valence-corrected chi connectivity index (χ0v) is 32.4. The number of primary sulfonamides is 1. The summed E-state index contributed by atoms with van der Waals surface area (Å²) in [6.45, 7) is 0.746. The minimum atomic E-state index is -4.78. The number of carbonyl (C=O) groups is 1. The molecule has 4 N–H and O–H groups in total. The highest BCUT2D eigenvalue weighted by Gasteiger charge is 2.38. The van der Waals surface area contributed by atoms with E-state index in [1.807, 2.05) is 60.7 Å². The van der Waals surface area contributed by atoms with Crippen molar-refractivity contribution in [2.75, 3.05) is 5.73 Å². The maximum atomic E-state index is 14.3. The number of nitrogens with two attached hydrogens (primary N) is 2. The van der Waals surface area contributed by atoms with Crippen molar-refractivity contribution in [3.05, 3.63) is 143 Å². The van der Waals surface area contributed by atoms with Crippen LogP contribution in [0, 0.1) is 0 Å². The average Bonchev–Trinajstić information content (AvgIpc) is 3.79. The number of halogens is 3. The molecule has 1 atom stereocenters. The molecule has 2 aliphatic rings. The lowest BCUT2D eigenvalue weighted by molar-refractivity contribution is -0.141. The van der Waals surface area contributed by atoms with Crippen LogP contribution in [0.2, 0.25) is 0 Å². The molecule has 8 aromatic rings. The number of hydrogen-bond acceptors (Lipinski definition) is 9. The number of alkyl halides is 3. The van der Waals surface area contributed by atoms with Gasteiger partial charge in [0.1, 0.15) is 5.69 Å². The molecule has 1 aliphatic carbocycles. The molecule has 0 amide bonds. The molecule has 300 valence electrons. The van der Waals surface area contributed by atoms with E-state index in [9.17, 15) is 26.4 Å². The van der Waals surface area contributed by atoms with E-state index in [4.69, 9.17) is 15.4 Å². The van der Waals surface area contributed by atoms with Crippen molar-refractivity contribution in [2.24, 2.45) is 15.1 Å². The number of Topliss-reactive ketones (excluding diaryl/α,β-unsaturated/α-hetero) is 1. The number of fused-ring (bicyclic) bond motifs is 7. The molecule has 0 spiro atoms. The van der Waals surface area contributed by atoms with Gasteiger partial charge in [-0.1, -0.05) is 84.0 Å². The summed E-state index contributed by atoms with van der Waals surface area (Å²) in [5, 5.41) is 17.0. The van der Waals surface area contributed by atoms with Gasteiger partial charge < -0.3 is 10.3 Å². The van der Waals surface area contributed by atoms with Gasteiger partial charge in [0.2, 0.25) is 10.0 Å². The second kappa shape index (κ2) is 15.0. The fourth-order valence-corrected chi connectivity index (χ4v) is 8.92. The topological polar surface area (TPSA) is 172 Å². The third-order valence-electron chi connectivity index (χ3n) is 10.9. The summed E-state index contributed by atoms with van der Waals surface area (Å²) >= 11 is 0. The van der Waals surface area contributed by atoms with Crippen LogP contribution in [0.15, 0.2) is 135 Å². The molecule has 15 heteroatoms. The third kappa shape index (κ3) is 7.01. The number of aliphatic imine (C=N–C) groups is 2. The van der Waals surface area contributed by atoms with Crippen molar-refractivity contribution >= 4 is 72.3 Å². The van der Waals surface area contributed by atoms with Crippen molar-refractivity contribution in [2.45, 2.75) is 42.8 Å². The van der Waals surface area contributed by atoms with Crippen LogP contribution < -0.4 is 10.9 Å². The van der Waals surface area contributed by atoms with Crippen LogP contribution in [0.25, 0.3) is 49.3 Å². The van der Waals surface area contributed by atoms with Gasteiger partial charge in [0.25, 0.3) is 0 Å². The summed E-state index contributed by atoms with van der Waals surface area (Å²) in [5.74, 6) is -1.13. The Morgan fingerprint density at radius 1 is 0.800 bits per heavy atom. The molecule has 0 bridgehead atoms. The normalized spacial score (nSPS) is 15.0. The van der Waals surface area contributed by atoms with Gasteiger partial charge in [-0.05, 0) is 93.4 Å². The number of hydrogen-bond donors (Lipinski definition) is 2. The lowest BCUT2D eigenvalue weighted by atomic mass is 9.77. The Hall–Kier alpha value is -6.97. The Bertz CT molecular complexity index is 3190. The Morgan fingerprint density at radius 2 is 1.55 bits per heavy atom. The largest absolute Gasteiger partial charge is 0.435 e. The molecular weight excluding hydrogens is 792 g/mol. The van der Waals surface area contributed by atoms with Gasteiger partial charge in [-0.25, -0.2) is 18.2 Å². The van der Waals surface area contributed by atoms with Gasteiger partial charge >= 0.3 is 6.18 Å². The first kappa shape index (κ1) is 38.5. The van der Waals surface area contributed by atoms with E-state index in [-0.39, 0.29) is 22.1 Å². The second-order valence-electron chi connectivity index (χ2n) is 14.5. The van der Waals surface area contributed by atoms with Crippen LogP contribution >= 0.6 is 0 Å². The van der Waals surface area contributed by atoms with Gasteiger partial charge in [0.15, 0.2) is 22.9 Å². The predicted octanol–water partition coefficient (Wildman–Crippen LogP) is 9.51. The summed E-state index contributed by atoms with van der Waals surface area (Å²) in [6.07, 6.45) is 0.448. The summed E-state index contributed by atoms with van der Waals surface area (Å²) in [4.78, 5) is 22.7. The quantitative estimate of drug-likeness (QED) is 0.129. The third-order valence-corrected chi connectivity index (χ3v) is 11.9. The van der Waals surface area contributed by atoms with Gasteiger partial charge in [-0.3, -0.25) is 14.8 Å². The molecule has 60 heavy (non-hydrogen) atoms. The number of aromatic nitrogens is 3. The van der Waals surface area contributed by atoms with E-state index in [0.717, 1.165) is 55.7 Å². The number of sulfonamides is 1. The minimum absolute atomic E-state index is 0.0205. The Labute approximate surface area is 340 Å². The number of benzene rings is 6. The number of ketones is 1. The number of para-hydroxylation sites is 1. The van der Waals surface area contributed by atoms with Gasteiger partial charge in [-0.2, -0.15) is 18.3 Å². The number of nitrogen functional groups attached to an aromatic ring is 1. The molecule has 2 aromatic heterocycles. The van der Waals surface area contributed by atoms with Crippen molar-refractivity contribution in [3.63, 3.8) is 0 Å². The molecule has 1 unspecified atom stereocenters. The van der Waals surface area contributed by atoms with E-state index in [2.05, 4.69) is 26.3 Å². The average molecular weight is 826 g/mol. The monoisotopic (exact) mass is 825 g/mol. The smallest absolute Gasteiger partial charge is 0.380 e. The Morgan fingerprint density at radius 3 is 2.38 bits per heavy atom. The highest BCUT2D eigenvalue weighted by atomic mass is 32.2. The fraction of sp³-hybridized carbons (Fsp3) is 0.133. The Kier molecular flexibility index (Phi) is 9.64. The standard InChI is InChI=1S/C36H26F3N5O4S.C9H8N2/c37-36(38,39)33-18-30(44(42-33)19-11-16-31-29(17-19)35(40)43-48-31)34(45)28-9-4-7-21-25-13-12-23-20(24(25)14-15-26(21)28)6-3-8-22(23)27-5-1-2-10-32(27)49(41,46)47;1-2-4-9-8(3-1)7-10-5-6-11-9/h1-3,5-6,8,10-18,28H,4,7,9H2,(H2,40,43)(H2,41,46,47);1-6H,7H2. The van der Waals surface area contributed by atoms with Crippen LogP contribution in [0.5, 0.6) is 0 Å². The first-order chi connectivity index (χ1) is 28.9. The summed E-state index contributed by atoms with van der Waals surface area (Å²) < 4.78 is 72.9. The van der Waals surface area contributed by atoms with E-state index in [1.54, 1.807) is 30.6 Å². The SMILES string of the molecule is C1=NCc2ccccc2N=C1.Nc1noc2ccc(-n3nc(C(F)(F)F)cc3C(=O)C3CCCc4c3ccc3c4ccc4c(-c5ccccc5S(N)(=O)=O)cccc43)cc12. The van der Waals surface area contributed by atoms with Crippen LogP contribution in [0.3, 0.4) is 0 Å². The van der Waals surface area contributed by atoms with Crippen LogP contribution in [-0.4, -0.2) is 41.6 Å². The number of aryl methyl sites for hydroxylation is 1. The molecule has 0 saturated carbocycles.